The molecule has 0 aromatic heterocycles. The van der Waals surface area contributed by atoms with E-state index in [1.807, 2.05) is 26.0 Å². The minimum atomic E-state index is -1.24. The Balaban J connectivity index is 1.65. The molecule has 2 saturated heterocycles. The minimum Gasteiger partial charge on any atom is -0.369 e. The van der Waals surface area contributed by atoms with Crippen molar-refractivity contribution in [3.8, 4) is 0 Å². The van der Waals surface area contributed by atoms with Crippen molar-refractivity contribution in [2.24, 2.45) is 17.6 Å². The van der Waals surface area contributed by atoms with E-state index in [9.17, 15) is 19.2 Å². The predicted molar refractivity (Wildman–Crippen MR) is 111 cm³/mol. The molecule has 0 unspecified atom stereocenters. The van der Waals surface area contributed by atoms with Crippen molar-refractivity contribution in [2.75, 3.05) is 5.32 Å². The highest BCUT2D eigenvalue weighted by atomic mass is 16.2. The second-order valence-electron chi connectivity index (χ2n) is 9.60. The van der Waals surface area contributed by atoms with Gasteiger partial charge in [-0.15, -0.1) is 0 Å². The number of fused-ring (bicyclic) bond motifs is 4. The normalized spacial score (nSPS) is 32.5. The Labute approximate surface area is 180 Å². The number of aryl methyl sites for hydroxylation is 1. The molecule has 8 heteroatoms. The van der Waals surface area contributed by atoms with Gasteiger partial charge in [-0.25, -0.2) is 0 Å². The Hall–Kier alpha value is -2.74. The van der Waals surface area contributed by atoms with Crippen molar-refractivity contribution < 1.29 is 24.5 Å². The van der Waals surface area contributed by atoms with Gasteiger partial charge in [-0.05, 0) is 43.9 Å². The van der Waals surface area contributed by atoms with Crippen LogP contribution in [0.3, 0.4) is 0 Å². The average molecular weight is 426 g/mol. The molecule has 3 aliphatic heterocycles. The summed E-state index contributed by atoms with van der Waals surface area (Å²) in [5.74, 6) is -2.88. The molecular weight excluding hydrogens is 396 g/mol. The number of likely N-dealkylation sites (tertiary alicyclic amines) is 1. The van der Waals surface area contributed by atoms with Crippen LogP contribution >= 0.6 is 0 Å². The van der Waals surface area contributed by atoms with E-state index in [1.165, 1.54) is 4.90 Å². The number of nitrogens with two attached hydrogens (primary N) is 2. The smallest absolute Gasteiger partial charge is 0.291 e. The molecule has 3 fully saturated rings. The number of hydrogen-bond acceptors (Lipinski definition) is 4. The Morgan fingerprint density at radius 1 is 1.16 bits per heavy atom. The van der Waals surface area contributed by atoms with Crippen molar-refractivity contribution in [2.45, 2.75) is 70.0 Å². The molecule has 4 aliphatic rings. The van der Waals surface area contributed by atoms with Gasteiger partial charge in [0.1, 0.15) is 17.9 Å². The predicted octanol–water partition coefficient (Wildman–Crippen LogP) is 0.206. The van der Waals surface area contributed by atoms with E-state index in [0.29, 0.717) is 0 Å². The topological polar surface area (TPSA) is 126 Å². The lowest BCUT2D eigenvalue weighted by Crippen LogP contribution is -2.99. The number of rotatable bonds is 3. The number of amides is 4. The maximum Gasteiger partial charge on any atom is 0.291 e. The fraction of sp³-hybridized carbons (Fsp3) is 0.565. The third kappa shape index (κ3) is 2.63. The zero-order valence-corrected chi connectivity index (χ0v) is 17.9. The van der Waals surface area contributed by atoms with Crippen molar-refractivity contribution in [3.63, 3.8) is 0 Å². The number of carbonyl (C=O) groups excluding carboxylic acids is 4. The second kappa shape index (κ2) is 6.88. The molecule has 4 atom stereocenters. The van der Waals surface area contributed by atoms with Gasteiger partial charge in [-0.3, -0.25) is 24.1 Å². The van der Waals surface area contributed by atoms with Crippen molar-refractivity contribution in [1.29, 1.82) is 0 Å². The summed E-state index contributed by atoms with van der Waals surface area (Å²) in [4.78, 5) is 54.1. The summed E-state index contributed by atoms with van der Waals surface area (Å²) in [5.41, 5.74) is 7.70. The molecular formula is C23H29N4O4+. The second-order valence-corrected chi connectivity index (χ2v) is 9.60. The monoisotopic (exact) mass is 425 g/mol. The van der Waals surface area contributed by atoms with E-state index in [4.69, 9.17) is 5.73 Å². The van der Waals surface area contributed by atoms with Crippen molar-refractivity contribution >= 4 is 29.3 Å². The summed E-state index contributed by atoms with van der Waals surface area (Å²) in [5, 5.41) is 4.76. The molecule has 8 nitrogen and oxygen atoms in total. The molecule has 31 heavy (non-hydrogen) atoms. The molecule has 1 aromatic carbocycles. The van der Waals surface area contributed by atoms with Gasteiger partial charge in [-0.1, -0.05) is 25.3 Å². The fourth-order valence-electron chi connectivity index (χ4n) is 6.42. The van der Waals surface area contributed by atoms with Gasteiger partial charge >= 0.3 is 0 Å². The fourth-order valence-corrected chi connectivity index (χ4v) is 6.42. The van der Waals surface area contributed by atoms with E-state index in [2.05, 4.69) is 5.32 Å². The van der Waals surface area contributed by atoms with Gasteiger partial charge in [0.15, 0.2) is 0 Å². The van der Waals surface area contributed by atoms with Crippen LogP contribution in [-0.2, 0) is 24.7 Å². The molecule has 5 N–H and O–H groups in total. The molecule has 5 rings (SSSR count). The number of hydrogen-bond donors (Lipinski definition) is 3. The van der Waals surface area contributed by atoms with Crippen molar-refractivity contribution in [1.82, 2.24) is 4.90 Å². The number of nitrogens with one attached hydrogen (secondary N) is 1. The van der Waals surface area contributed by atoms with E-state index < -0.39 is 29.3 Å². The highest BCUT2D eigenvalue weighted by molar-refractivity contribution is 6.14. The average Bonchev–Trinajstić information content (AvgIpc) is 3.30. The first-order chi connectivity index (χ1) is 14.8. The number of benzene rings is 1. The largest absolute Gasteiger partial charge is 0.369 e. The number of primary amides is 1. The molecule has 1 spiro atoms. The summed E-state index contributed by atoms with van der Waals surface area (Å²) < 4.78 is 0. The summed E-state index contributed by atoms with van der Waals surface area (Å²) in [6.45, 7) is 3.91. The third-order valence-corrected chi connectivity index (χ3v) is 7.99. The number of carbonyl (C=O) groups is 4. The molecule has 1 aromatic rings. The lowest BCUT2D eigenvalue weighted by molar-refractivity contribution is -0.732. The SMILES string of the molecule is Cc1ccc2c(c1C)NC(=O)[C@@]21[NH2+][C@@H](CC(N)=O)[C@H]2C(=O)N(C3CCCCC3)C(=O)[C@H]21. The molecule has 1 saturated carbocycles. The standard InChI is InChI=1S/C23H28N4O4/c1-11-8-9-14-19(12(11)2)25-22(31)23(14)18-17(15(26-23)10-16(24)28)20(29)27(21(18)30)13-6-4-3-5-7-13/h8-9,13,15,17-18,26H,3-7,10H2,1-2H3,(H2,24,28)(H,25,31)/p+1/t15-,17+,18-,23+/m0/s1. The van der Waals surface area contributed by atoms with Crippen LogP contribution in [0.2, 0.25) is 0 Å². The number of anilines is 1. The van der Waals surface area contributed by atoms with Gasteiger partial charge in [0.2, 0.25) is 23.3 Å². The Bertz CT molecular complexity index is 1020. The van der Waals surface area contributed by atoms with Crippen LogP contribution in [0.1, 0.15) is 55.2 Å². The van der Waals surface area contributed by atoms with Crippen molar-refractivity contribution in [3.05, 3.63) is 28.8 Å². The van der Waals surface area contributed by atoms with Crippen LogP contribution in [0.25, 0.3) is 0 Å². The number of imide groups is 1. The zero-order valence-electron chi connectivity index (χ0n) is 17.9. The highest BCUT2D eigenvalue weighted by Gasteiger charge is 2.74. The first-order valence-electron chi connectivity index (χ1n) is 11.2. The van der Waals surface area contributed by atoms with Gasteiger partial charge in [-0.2, -0.15) is 0 Å². The van der Waals surface area contributed by atoms with E-state index in [-0.39, 0.29) is 30.2 Å². The first-order valence-corrected chi connectivity index (χ1v) is 11.2. The molecule has 1 aliphatic carbocycles. The van der Waals surface area contributed by atoms with Crippen LogP contribution in [0.15, 0.2) is 12.1 Å². The first kappa shape index (κ1) is 20.2. The van der Waals surface area contributed by atoms with Gasteiger partial charge in [0, 0.05) is 11.6 Å². The number of nitrogens with zero attached hydrogens (tertiary/aromatic N) is 1. The maximum atomic E-state index is 13.8. The van der Waals surface area contributed by atoms with E-state index >= 15 is 0 Å². The Morgan fingerprint density at radius 2 is 1.87 bits per heavy atom. The van der Waals surface area contributed by atoms with Crippen LogP contribution in [0.4, 0.5) is 5.69 Å². The summed E-state index contributed by atoms with van der Waals surface area (Å²) in [6.07, 6.45) is 4.63. The number of quaternary nitrogens is 1. The summed E-state index contributed by atoms with van der Waals surface area (Å²) in [7, 11) is 0. The Morgan fingerprint density at radius 3 is 2.55 bits per heavy atom. The van der Waals surface area contributed by atoms with Crippen LogP contribution in [0, 0.1) is 25.7 Å². The van der Waals surface area contributed by atoms with Gasteiger partial charge in [0.25, 0.3) is 5.91 Å². The van der Waals surface area contributed by atoms with E-state index in [0.717, 1.165) is 54.5 Å². The van der Waals surface area contributed by atoms with Crippen LogP contribution in [0.5, 0.6) is 0 Å². The summed E-state index contributed by atoms with van der Waals surface area (Å²) in [6, 6.07) is 3.18. The lowest BCUT2D eigenvalue weighted by atomic mass is 9.76. The third-order valence-electron chi connectivity index (χ3n) is 7.99. The minimum absolute atomic E-state index is 0.0477. The maximum absolute atomic E-state index is 13.8. The molecule has 3 heterocycles. The summed E-state index contributed by atoms with van der Waals surface area (Å²) >= 11 is 0. The molecule has 4 amide bonds. The van der Waals surface area contributed by atoms with Crippen LogP contribution in [-0.4, -0.2) is 40.6 Å². The zero-order chi connectivity index (χ0) is 22.1. The highest BCUT2D eigenvalue weighted by Crippen LogP contribution is 2.51. The van der Waals surface area contributed by atoms with Crippen LogP contribution < -0.4 is 16.4 Å². The van der Waals surface area contributed by atoms with E-state index in [1.54, 1.807) is 5.32 Å². The lowest BCUT2D eigenvalue weighted by Gasteiger charge is -2.32. The van der Waals surface area contributed by atoms with Gasteiger partial charge in [0.05, 0.1) is 12.1 Å². The van der Waals surface area contributed by atoms with Gasteiger partial charge < -0.3 is 16.4 Å². The Kier molecular flexibility index (Phi) is 4.48. The molecule has 0 bridgehead atoms. The molecule has 164 valence electrons. The quantitative estimate of drug-likeness (QED) is 0.598. The molecule has 0 radical (unpaired) electrons.